The van der Waals surface area contributed by atoms with Gasteiger partial charge in [-0.2, -0.15) is 0 Å². The van der Waals surface area contributed by atoms with E-state index in [1.54, 1.807) is 7.11 Å². The van der Waals surface area contributed by atoms with E-state index in [-0.39, 0.29) is 11.8 Å². The first-order chi connectivity index (χ1) is 22.2. The fourth-order valence-corrected chi connectivity index (χ4v) is 6.07. The Morgan fingerprint density at radius 1 is 0.867 bits per heavy atom. The quantitative estimate of drug-likeness (QED) is 0.172. The lowest BCUT2D eigenvalue weighted by molar-refractivity contribution is -0.121. The molecule has 0 bridgehead atoms. The second-order valence-electron chi connectivity index (χ2n) is 11.5. The van der Waals surface area contributed by atoms with Gasteiger partial charge < -0.3 is 24.1 Å². The van der Waals surface area contributed by atoms with E-state index in [0.29, 0.717) is 31.1 Å². The molecule has 5 aromatic rings. The minimum atomic E-state index is -0.194. The molecular weight excluding hydrogens is 562 g/mol. The van der Waals surface area contributed by atoms with Crippen LogP contribution in [0, 0.1) is 0 Å². The van der Waals surface area contributed by atoms with Crippen LogP contribution in [0.1, 0.15) is 34.6 Å². The zero-order chi connectivity index (χ0) is 30.8. The number of hydrogen-bond acceptors (Lipinski definition) is 5. The summed E-state index contributed by atoms with van der Waals surface area (Å²) >= 11 is 0. The molecule has 1 atom stereocenters. The van der Waals surface area contributed by atoms with Crippen molar-refractivity contribution in [3.63, 3.8) is 0 Å². The Bertz CT molecular complexity index is 1680. The zero-order valence-corrected chi connectivity index (χ0v) is 25.9. The van der Waals surface area contributed by atoms with Crippen molar-refractivity contribution in [3.05, 3.63) is 132 Å². The minimum absolute atomic E-state index is 0.0238. The average molecular weight is 604 g/mol. The van der Waals surface area contributed by atoms with Crippen LogP contribution in [0.2, 0.25) is 0 Å². The molecule has 1 fully saturated rings. The van der Waals surface area contributed by atoms with E-state index >= 15 is 0 Å². The Labute approximate surface area is 265 Å². The molecular formula is C38H41N3O4. The van der Waals surface area contributed by atoms with Gasteiger partial charge in [-0.25, -0.2) is 0 Å². The number of nitrogens with one attached hydrogen (secondary N) is 1. The van der Waals surface area contributed by atoms with Crippen molar-refractivity contribution in [3.8, 4) is 11.5 Å². The molecule has 6 rings (SSSR count). The van der Waals surface area contributed by atoms with Crippen LogP contribution in [0.15, 0.2) is 109 Å². The lowest BCUT2D eigenvalue weighted by atomic mass is 9.87. The first kappa shape index (κ1) is 30.4. The molecule has 7 heteroatoms. The van der Waals surface area contributed by atoms with Gasteiger partial charge >= 0.3 is 0 Å². The topological polar surface area (TPSA) is 65.0 Å². The number of ether oxygens (including phenoxy) is 3. The lowest BCUT2D eigenvalue weighted by Crippen LogP contribution is -2.41. The van der Waals surface area contributed by atoms with Crippen molar-refractivity contribution in [2.75, 3.05) is 46.5 Å². The van der Waals surface area contributed by atoms with Gasteiger partial charge in [0.1, 0.15) is 6.61 Å². The predicted octanol–water partition coefficient (Wildman–Crippen LogP) is 6.25. The van der Waals surface area contributed by atoms with Gasteiger partial charge in [-0.1, -0.05) is 84.9 Å². The smallest absolute Gasteiger partial charge is 0.220 e. The summed E-state index contributed by atoms with van der Waals surface area (Å²) in [7, 11) is 1.65. The van der Waals surface area contributed by atoms with Crippen molar-refractivity contribution in [2.24, 2.45) is 0 Å². The Morgan fingerprint density at radius 3 is 2.33 bits per heavy atom. The number of methoxy groups -OCH3 is 1. The van der Waals surface area contributed by atoms with E-state index in [9.17, 15) is 4.79 Å². The monoisotopic (exact) mass is 603 g/mol. The highest BCUT2D eigenvalue weighted by Gasteiger charge is 2.24. The molecule has 232 valence electrons. The number of para-hydroxylation sites is 1. The molecule has 0 radical (unpaired) electrons. The molecule has 4 aromatic carbocycles. The summed E-state index contributed by atoms with van der Waals surface area (Å²) in [5.41, 5.74) is 5.56. The fraction of sp³-hybridized carbons (Fsp3) is 0.289. The largest absolute Gasteiger partial charge is 0.493 e. The van der Waals surface area contributed by atoms with Crippen LogP contribution < -0.4 is 14.8 Å². The Balaban J connectivity index is 1.32. The molecule has 0 aliphatic carbocycles. The molecule has 0 saturated carbocycles. The van der Waals surface area contributed by atoms with Crippen LogP contribution in [-0.2, 0) is 22.7 Å². The maximum absolute atomic E-state index is 13.6. The summed E-state index contributed by atoms with van der Waals surface area (Å²) in [4.78, 5) is 15.9. The van der Waals surface area contributed by atoms with Crippen LogP contribution >= 0.6 is 0 Å². The number of rotatable bonds is 13. The van der Waals surface area contributed by atoms with Crippen LogP contribution in [0.5, 0.6) is 11.5 Å². The third kappa shape index (κ3) is 7.74. The molecule has 1 N–H and O–H groups in total. The molecule has 1 aliphatic rings. The Morgan fingerprint density at radius 2 is 1.58 bits per heavy atom. The van der Waals surface area contributed by atoms with E-state index in [0.717, 1.165) is 67.0 Å². The highest BCUT2D eigenvalue weighted by Crippen LogP contribution is 2.39. The number of morpholine rings is 1. The van der Waals surface area contributed by atoms with Gasteiger partial charge in [-0.15, -0.1) is 0 Å². The van der Waals surface area contributed by atoms with E-state index in [4.69, 9.17) is 14.2 Å². The van der Waals surface area contributed by atoms with Crippen molar-refractivity contribution < 1.29 is 19.0 Å². The van der Waals surface area contributed by atoms with E-state index in [1.807, 2.05) is 48.5 Å². The van der Waals surface area contributed by atoms with Gasteiger partial charge in [0.05, 0.1) is 20.3 Å². The Hall–Kier alpha value is -4.59. The van der Waals surface area contributed by atoms with E-state index in [2.05, 4.69) is 75.6 Å². The predicted molar refractivity (Wildman–Crippen MR) is 178 cm³/mol. The molecule has 1 aromatic heterocycles. The van der Waals surface area contributed by atoms with Crippen LogP contribution in [0.3, 0.4) is 0 Å². The minimum Gasteiger partial charge on any atom is -0.493 e. The number of carbonyl (C=O) groups is 1. The highest BCUT2D eigenvalue weighted by molar-refractivity contribution is 5.87. The number of amides is 1. The van der Waals surface area contributed by atoms with E-state index < -0.39 is 0 Å². The van der Waals surface area contributed by atoms with Crippen molar-refractivity contribution in [1.29, 1.82) is 0 Å². The summed E-state index contributed by atoms with van der Waals surface area (Å²) in [6, 6.07) is 35.1. The highest BCUT2D eigenvalue weighted by atomic mass is 16.5. The average Bonchev–Trinajstić information content (AvgIpc) is 3.45. The molecule has 0 spiro atoms. The van der Waals surface area contributed by atoms with Gasteiger partial charge in [-0.3, -0.25) is 9.69 Å². The first-order valence-corrected chi connectivity index (χ1v) is 15.7. The number of nitrogens with zero attached hydrogens (tertiary/aromatic N) is 2. The maximum Gasteiger partial charge on any atom is 0.220 e. The van der Waals surface area contributed by atoms with Gasteiger partial charge in [0.2, 0.25) is 5.91 Å². The molecule has 7 nitrogen and oxygen atoms in total. The number of aromatic nitrogens is 1. The molecule has 45 heavy (non-hydrogen) atoms. The standard InChI is InChI=1S/C38H41N3O4/c1-43-36-17-16-31(24-37(36)45-28-30-12-6-3-7-13-30)33(25-38(42)39-18-19-40-20-22-44-23-21-40)34-27-41(26-29-10-4-2-5-11-29)35-15-9-8-14-32(34)35/h2-17,24,27,33H,18-23,25-26,28H2,1H3,(H,39,42)/t33-/m0/s1. The van der Waals surface area contributed by atoms with Gasteiger partial charge in [0.25, 0.3) is 0 Å². The van der Waals surface area contributed by atoms with Crippen LogP contribution in [0.4, 0.5) is 0 Å². The summed E-state index contributed by atoms with van der Waals surface area (Å²) in [5, 5.41) is 4.34. The summed E-state index contributed by atoms with van der Waals surface area (Å²) in [6.07, 6.45) is 2.53. The van der Waals surface area contributed by atoms with Gasteiger partial charge in [0, 0.05) is 62.2 Å². The van der Waals surface area contributed by atoms with Gasteiger partial charge in [0.15, 0.2) is 11.5 Å². The van der Waals surface area contributed by atoms with Gasteiger partial charge in [-0.05, 0) is 40.5 Å². The SMILES string of the molecule is COc1ccc([C@H](CC(=O)NCCN2CCOCC2)c2cn(Cc3ccccc3)c3ccccc23)cc1OCc1ccccc1. The second kappa shape index (κ2) is 14.9. The summed E-state index contributed by atoms with van der Waals surface area (Å²) < 4.78 is 19.7. The normalized spacial score (nSPS) is 14.2. The molecule has 0 unspecified atom stereocenters. The van der Waals surface area contributed by atoms with Crippen molar-refractivity contribution in [1.82, 2.24) is 14.8 Å². The fourth-order valence-electron chi connectivity index (χ4n) is 6.07. The Kier molecular flexibility index (Phi) is 10.1. The zero-order valence-electron chi connectivity index (χ0n) is 25.9. The molecule has 2 heterocycles. The molecule has 1 amide bonds. The number of benzene rings is 4. The van der Waals surface area contributed by atoms with E-state index in [1.165, 1.54) is 5.56 Å². The number of hydrogen-bond donors (Lipinski definition) is 1. The molecule has 1 aliphatic heterocycles. The number of fused-ring (bicyclic) bond motifs is 1. The third-order valence-corrected chi connectivity index (χ3v) is 8.46. The number of carbonyl (C=O) groups excluding carboxylic acids is 1. The lowest BCUT2D eigenvalue weighted by Gasteiger charge is -2.26. The first-order valence-electron chi connectivity index (χ1n) is 15.7. The van der Waals surface area contributed by atoms with Crippen molar-refractivity contribution >= 4 is 16.8 Å². The maximum atomic E-state index is 13.6. The van der Waals surface area contributed by atoms with Crippen LogP contribution in [-0.4, -0.2) is 61.9 Å². The summed E-state index contributed by atoms with van der Waals surface area (Å²) in [6.45, 7) is 5.88. The summed E-state index contributed by atoms with van der Waals surface area (Å²) in [5.74, 6) is 1.15. The molecule has 1 saturated heterocycles. The van der Waals surface area contributed by atoms with Crippen molar-refractivity contribution in [2.45, 2.75) is 25.5 Å². The third-order valence-electron chi connectivity index (χ3n) is 8.46. The second-order valence-corrected chi connectivity index (χ2v) is 11.5. The van der Waals surface area contributed by atoms with Crippen LogP contribution in [0.25, 0.3) is 10.9 Å².